The van der Waals surface area contributed by atoms with E-state index in [4.69, 9.17) is 0 Å². The molecule has 6 rings (SSSR count). The number of thiophene rings is 4. The predicted molar refractivity (Wildman–Crippen MR) is 300 cm³/mol. The maximum Gasteiger partial charge on any atom is 0.279 e. The summed E-state index contributed by atoms with van der Waals surface area (Å²) in [5.74, 6) is 11.2. The van der Waals surface area contributed by atoms with E-state index in [1.54, 1.807) is 22.7 Å². The number of hydrogen-bond donors (Lipinski definition) is 0. The summed E-state index contributed by atoms with van der Waals surface area (Å²) in [4.78, 5) is 19.0. The second kappa shape index (κ2) is 21.8. The number of carbonyl (C=O) groups excluding carboxylic acids is 1. The van der Waals surface area contributed by atoms with E-state index in [0.29, 0.717) is 46.8 Å². The van der Waals surface area contributed by atoms with Gasteiger partial charge in [0.25, 0.3) is 15.9 Å². The summed E-state index contributed by atoms with van der Waals surface area (Å²) >= 11 is 6.71. The van der Waals surface area contributed by atoms with Crippen molar-refractivity contribution in [3.63, 3.8) is 0 Å². The number of nitrogens with zero attached hydrogens (tertiary/aromatic N) is 1. The molecule has 0 saturated carbocycles. The summed E-state index contributed by atoms with van der Waals surface area (Å²) in [5, 5.41) is 3.13. The standard InChI is InChI=1S/C55H79NO3S5Si2/c1-16-17-18-19-20-21-24-56-55(57)53-54(64(56,58)59)48-42(15)61-51(52(48)63-53)47-28-46-44(23-26-66(32-38(8)9,33-39(10)11)34-40(12)13)49-45(27-41(14)60-49)43(50(46)62-47)22-25-65(29-35(2)3,30-36(4)5)31-37(6)7/h27-28,35-40H,16-21,24,29-34H2,1-15H3. The van der Waals surface area contributed by atoms with E-state index in [2.05, 4.69) is 132 Å². The molecule has 1 aliphatic rings. The second-order valence-electron chi connectivity index (χ2n) is 22.5. The fourth-order valence-electron chi connectivity index (χ4n) is 11.4. The third kappa shape index (κ3) is 11.7. The summed E-state index contributed by atoms with van der Waals surface area (Å²) in [5.41, 5.74) is 10.7. The minimum atomic E-state index is -3.95. The van der Waals surface area contributed by atoms with Crippen molar-refractivity contribution in [2.24, 2.45) is 35.5 Å². The third-order valence-corrected chi connectivity index (χ3v) is 30.6. The maximum atomic E-state index is 14.3. The van der Waals surface area contributed by atoms with E-state index in [0.717, 1.165) is 65.8 Å². The molecule has 0 spiro atoms. The monoisotopic (exact) mass is 1020 g/mol. The van der Waals surface area contributed by atoms with Gasteiger partial charge in [-0.25, -0.2) is 12.7 Å². The van der Waals surface area contributed by atoms with Crippen LogP contribution in [0.2, 0.25) is 36.3 Å². The number of unbranched alkanes of at least 4 members (excludes halogenated alkanes) is 5. The fourth-order valence-corrected chi connectivity index (χ4v) is 30.5. The van der Waals surface area contributed by atoms with E-state index in [9.17, 15) is 13.2 Å². The van der Waals surface area contributed by atoms with Crippen molar-refractivity contribution in [2.75, 3.05) is 6.54 Å². The van der Waals surface area contributed by atoms with Crippen LogP contribution in [-0.4, -0.2) is 41.3 Å². The minimum Gasteiger partial charge on any atom is -0.267 e. The van der Waals surface area contributed by atoms with Crippen molar-refractivity contribution in [3.8, 4) is 32.7 Å². The lowest BCUT2D eigenvalue weighted by Gasteiger charge is -2.31. The highest BCUT2D eigenvalue weighted by molar-refractivity contribution is 7.91. The van der Waals surface area contributed by atoms with Crippen molar-refractivity contribution in [2.45, 2.75) is 184 Å². The summed E-state index contributed by atoms with van der Waals surface area (Å²) in [7, 11) is -8.02. The molecular weight excluding hydrogens is 939 g/mol. The normalized spacial score (nSPS) is 14.4. The fraction of sp³-hybridized carbons (Fsp3) is 0.618. The Morgan fingerprint density at radius 1 is 0.576 bits per heavy atom. The molecule has 5 aromatic rings. The zero-order chi connectivity index (χ0) is 48.5. The average Bonchev–Trinajstić information content (AvgIpc) is 3.98. The number of sulfonamides is 1. The van der Waals surface area contributed by atoms with E-state index >= 15 is 0 Å². The molecule has 0 fully saturated rings. The number of hydrogen-bond acceptors (Lipinski definition) is 7. The van der Waals surface area contributed by atoms with Gasteiger partial charge in [-0.15, -0.1) is 56.4 Å². The molecule has 0 radical (unpaired) electrons. The largest absolute Gasteiger partial charge is 0.279 e. The molecule has 1 aliphatic heterocycles. The number of benzene rings is 1. The molecule has 1 amide bonds. The lowest BCUT2D eigenvalue weighted by atomic mass is 10.0. The van der Waals surface area contributed by atoms with Crippen LogP contribution in [0.5, 0.6) is 0 Å². The molecular formula is C55H79NO3S5Si2. The van der Waals surface area contributed by atoms with Gasteiger partial charge in [-0.3, -0.25) is 4.79 Å². The van der Waals surface area contributed by atoms with Gasteiger partial charge >= 0.3 is 0 Å². The number of amides is 1. The zero-order valence-electron chi connectivity index (χ0n) is 43.0. The van der Waals surface area contributed by atoms with Crippen LogP contribution in [0.3, 0.4) is 0 Å². The molecule has 5 heterocycles. The lowest BCUT2D eigenvalue weighted by Crippen LogP contribution is -2.37. The maximum absolute atomic E-state index is 14.3. The highest BCUT2D eigenvalue weighted by Gasteiger charge is 2.46. The Kier molecular flexibility index (Phi) is 17.6. The van der Waals surface area contributed by atoms with Crippen LogP contribution < -0.4 is 0 Å². The summed E-state index contributed by atoms with van der Waals surface area (Å²) in [6, 6.07) is 11.9. The van der Waals surface area contributed by atoms with E-state index in [1.165, 1.54) is 79.1 Å². The molecule has 1 aromatic carbocycles. The van der Waals surface area contributed by atoms with Crippen molar-refractivity contribution in [3.05, 3.63) is 37.9 Å². The smallest absolute Gasteiger partial charge is 0.267 e. The van der Waals surface area contributed by atoms with E-state index in [1.807, 2.05) is 18.3 Å². The van der Waals surface area contributed by atoms with E-state index in [-0.39, 0.29) is 17.3 Å². The first-order valence-electron chi connectivity index (χ1n) is 25.2. The molecule has 0 N–H and O–H groups in total. The Labute approximate surface area is 418 Å². The van der Waals surface area contributed by atoms with Crippen LogP contribution >= 0.6 is 45.3 Å². The van der Waals surface area contributed by atoms with Crippen LogP contribution in [0.1, 0.15) is 159 Å². The second-order valence-corrected chi connectivity index (χ2v) is 36.9. The number of aryl methyl sites for hydroxylation is 2. The number of carbonyl (C=O) groups is 1. The molecule has 4 aromatic heterocycles. The van der Waals surface area contributed by atoms with Crippen LogP contribution in [0.15, 0.2) is 17.0 Å². The van der Waals surface area contributed by atoms with Gasteiger partial charge in [0.05, 0.1) is 30.1 Å². The lowest BCUT2D eigenvalue weighted by molar-refractivity contribution is 0.0873. The van der Waals surface area contributed by atoms with Crippen LogP contribution in [0, 0.1) is 72.3 Å². The van der Waals surface area contributed by atoms with Gasteiger partial charge in [0, 0.05) is 37.3 Å². The minimum absolute atomic E-state index is 0.234. The average molecular weight is 1020 g/mol. The SMILES string of the molecule is CCCCCCCCN1C(=O)c2sc3c(-c4cc5c(C#C[Si](CC(C)C)(CC(C)C)CC(C)C)c6sc(C)cc6c(C#C[Si](CC(C)C)(CC(C)C)CC(C)C)c5s4)sc(C)c3c2S1(=O)=O. The Hall–Kier alpha value is -2.23. The zero-order valence-corrected chi connectivity index (χ0v) is 49.1. The van der Waals surface area contributed by atoms with Gasteiger partial charge in [-0.1, -0.05) is 134 Å². The number of fused-ring (bicyclic) bond motifs is 5. The Morgan fingerprint density at radius 2 is 1.03 bits per heavy atom. The molecule has 4 nitrogen and oxygen atoms in total. The van der Waals surface area contributed by atoms with Gasteiger partial charge in [0.1, 0.15) is 25.9 Å². The number of rotatable bonds is 20. The van der Waals surface area contributed by atoms with Crippen molar-refractivity contribution in [1.29, 1.82) is 0 Å². The summed E-state index contributed by atoms with van der Waals surface area (Å²) in [6.07, 6.45) is 6.19. The summed E-state index contributed by atoms with van der Waals surface area (Å²) < 4.78 is 33.1. The predicted octanol–water partition coefficient (Wildman–Crippen LogP) is 17.8. The van der Waals surface area contributed by atoms with Crippen molar-refractivity contribution in [1.82, 2.24) is 4.31 Å². The Bertz CT molecular complexity index is 2610. The first kappa shape index (κ1) is 53.1. The first-order chi connectivity index (χ1) is 31.0. The van der Waals surface area contributed by atoms with Crippen molar-refractivity contribution < 1.29 is 13.2 Å². The molecule has 0 saturated heterocycles. The Balaban J connectivity index is 1.62. The van der Waals surface area contributed by atoms with E-state index < -0.39 is 26.2 Å². The molecule has 0 unspecified atom stereocenters. The summed E-state index contributed by atoms with van der Waals surface area (Å²) in [6.45, 7) is 35.2. The topological polar surface area (TPSA) is 54.5 Å². The first-order valence-corrected chi connectivity index (χ1v) is 35.2. The molecule has 0 bridgehead atoms. The van der Waals surface area contributed by atoms with Crippen LogP contribution in [-0.2, 0) is 10.0 Å². The van der Waals surface area contributed by atoms with Crippen LogP contribution in [0.4, 0.5) is 0 Å². The molecule has 360 valence electrons. The van der Waals surface area contributed by atoms with Gasteiger partial charge in [-0.05, 0) is 104 Å². The van der Waals surface area contributed by atoms with Gasteiger partial charge < -0.3 is 0 Å². The molecule has 0 atom stereocenters. The Morgan fingerprint density at radius 3 is 1.52 bits per heavy atom. The van der Waals surface area contributed by atoms with Gasteiger partial charge in [-0.2, -0.15) is 0 Å². The van der Waals surface area contributed by atoms with Gasteiger partial charge in [0.2, 0.25) is 0 Å². The highest BCUT2D eigenvalue weighted by Crippen LogP contribution is 2.53. The molecule has 0 aliphatic carbocycles. The van der Waals surface area contributed by atoms with Crippen molar-refractivity contribution >= 4 is 108 Å². The highest BCUT2D eigenvalue weighted by atomic mass is 32.2. The van der Waals surface area contributed by atoms with Crippen LogP contribution in [0.25, 0.3) is 40.0 Å². The molecule has 11 heteroatoms. The third-order valence-electron chi connectivity index (χ3n) is 12.9. The molecule has 66 heavy (non-hydrogen) atoms. The quantitative estimate of drug-likeness (QED) is 0.0443. The van der Waals surface area contributed by atoms with Gasteiger partial charge in [0.15, 0.2) is 0 Å².